The predicted octanol–water partition coefficient (Wildman–Crippen LogP) is 4.44. The van der Waals surface area contributed by atoms with Crippen LogP contribution < -0.4 is 10.5 Å². The van der Waals surface area contributed by atoms with Gasteiger partial charge in [-0.05, 0) is 56.9 Å². The molecule has 2 aromatic carbocycles. The molecule has 0 saturated heterocycles. The maximum absolute atomic E-state index is 13.6. The van der Waals surface area contributed by atoms with Gasteiger partial charge in [-0.15, -0.1) is 11.8 Å². The number of thioether (sulfide) groups is 1. The van der Waals surface area contributed by atoms with E-state index in [0.29, 0.717) is 11.4 Å². The van der Waals surface area contributed by atoms with E-state index in [0.717, 1.165) is 16.0 Å². The maximum atomic E-state index is 13.6. The smallest absolute Gasteiger partial charge is 0.328 e. The van der Waals surface area contributed by atoms with Gasteiger partial charge in [0.05, 0.1) is 0 Å². The number of allylic oxidation sites excluding steroid dienone is 1. The number of rotatable bonds is 7. The Labute approximate surface area is 210 Å². The second-order valence-corrected chi connectivity index (χ2v) is 13.6. The number of ether oxygens (including phenoxy) is 1. The Bertz CT molecular complexity index is 1210. The number of carbonyl (C=O) groups is 1. The highest BCUT2D eigenvalue weighted by molar-refractivity contribution is 8.18. The summed E-state index contributed by atoms with van der Waals surface area (Å²) >= 11 is 7.24. The van der Waals surface area contributed by atoms with E-state index in [1.807, 2.05) is 48.5 Å². The molecule has 4 rings (SSSR count). The van der Waals surface area contributed by atoms with Gasteiger partial charge < -0.3 is 10.5 Å². The fraction of sp³-hybridized carbons (Fsp3) is 0.400. The van der Waals surface area contributed by atoms with Gasteiger partial charge in [0.2, 0.25) is 10.0 Å². The standard InChI is InChI=1S/C25H29ClN2O4S2/c1-23(2,3)32-22(29)25(15-24(25,16-27)18-7-5-4-6-8-18)28-34(30,31)21-14-13-20(33-21)17-9-11-19(26)12-10-17/h4-13,21,28H,14-16,27H2,1-3H3. The third-order valence-corrected chi connectivity index (χ3v) is 10.2. The van der Waals surface area contributed by atoms with E-state index >= 15 is 0 Å². The van der Waals surface area contributed by atoms with Crippen LogP contribution in [0.3, 0.4) is 0 Å². The Morgan fingerprint density at radius 3 is 2.41 bits per heavy atom. The summed E-state index contributed by atoms with van der Waals surface area (Å²) in [6.45, 7) is 5.39. The van der Waals surface area contributed by atoms with Crippen LogP contribution in [0.15, 0.2) is 60.7 Å². The summed E-state index contributed by atoms with van der Waals surface area (Å²) in [4.78, 5) is 14.3. The van der Waals surface area contributed by atoms with Gasteiger partial charge in [-0.25, -0.2) is 13.2 Å². The number of nitrogens with two attached hydrogens (primary N) is 1. The number of sulfonamides is 1. The number of nitrogens with one attached hydrogen (secondary N) is 1. The lowest BCUT2D eigenvalue weighted by Crippen LogP contribution is -2.54. The number of hydrogen-bond acceptors (Lipinski definition) is 6. The van der Waals surface area contributed by atoms with Crippen LogP contribution in [0.4, 0.5) is 0 Å². The molecular weight excluding hydrogens is 492 g/mol. The second kappa shape index (κ2) is 8.99. The Morgan fingerprint density at radius 1 is 1.18 bits per heavy atom. The van der Waals surface area contributed by atoms with Crippen molar-refractivity contribution in [2.45, 2.75) is 54.7 Å². The van der Waals surface area contributed by atoms with E-state index in [1.165, 1.54) is 11.8 Å². The fourth-order valence-corrected chi connectivity index (χ4v) is 7.77. The van der Waals surface area contributed by atoms with Gasteiger partial charge in [0.15, 0.2) is 0 Å². The van der Waals surface area contributed by atoms with Crippen molar-refractivity contribution in [3.05, 3.63) is 76.8 Å². The van der Waals surface area contributed by atoms with Crippen LogP contribution in [0, 0.1) is 0 Å². The van der Waals surface area contributed by atoms with Gasteiger partial charge in [-0.3, -0.25) is 0 Å². The summed E-state index contributed by atoms with van der Waals surface area (Å²) in [7, 11) is -3.92. The average molecular weight is 521 g/mol. The zero-order valence-corrected chi connectivity index (χ0v) is 21.8. The monoisotopic (exact) mass is 520 g/mol. The quantitative estimate of drug-likeness (QED) is 0.523. The maximum Gasteiger partial charge on any atom is 0.328 e. The number of esters is 1. The number of hydrogen-bond donors (Lipinski definition) is 2. The molecule has 3 unspecified atom stereocenters. The van der Waals surface area contributed by atoms with Crippen LogP contribution in [-0.2, 0) is 25.0 Å². The van der Waals surface area contributed by atoms with Crippen molar-refractivity contribution in [3.8, 4) is 0 Å². The molecule has 2 aliphatic rings. The number of halogens is 1. The number of carbonyl (C=O) groups excluding carboxylic acids is 1. The van der Waals surface area contributed by atoms with E-state index in [9.17, 15) is 13.2 Å². The molecule has 6 nitrogen and oxygen atoms in total. The van der Waals surface area contributed by atoms with Crippen molar-refractivity contribution in [2.24, 2.45) is 5.73 Å². The average Bonchev–Trinajstić information content (AvgIpc) is 3.16. The van der Waals surface area contributed by atoms with Gasteiger partial charge in [0, 0.05) is 21.9 Å². The van der Waals surface area contributed by atoms with Crippen molar-refractivity contribution in [1.29, 1.82) is 0 Å². The summed E-state index contributed by atoms with van der Waals surface area (Å²) in [5.41, 5.74) is 4.79. The minimum Gasteiger partial charge on any atom is -0.459 e. The highest BCUT2D eigenvalue weighted by Gasteiger charge is 2.75. The first-order valence-electron chi connectivity index (χ1n) is 11.1. The Kier molecular flexibility index (Phi) is 6.68. The molecule has 3 atom stereocenters. The molecule has 34 heavy (non-hydrogen) atoms. The van der Waals surface area contributed by atoms with Crippen molar-refractivity contribution in [3.63, 3.8) is 0 Å². The highest BCUT2D eigenvalue weighted by Crippen LogP contribution is 2.59. The molecule has 9 heteroatoms. The van der Waals surface area contributed by atoms with Crippen molar-refractivity contribution in [2.75, 3.05) is 6.54 Å². The van der Waals surface area contributed by atoms with E-state index in [2.05, 4.69) is 4.72 Å². The van der Waals surface area contributed by atoms with E-state index in [-0.39, 0.29) is 13.0 Å². The lowest BCUT2D eigenvalue weighted by atomic mass is 9.90. The zero-order valence-electron chi connectivity index (χ0n) is 19.4. The van der Waals surface area contributed by atoms with Crippen LogP contribution in [0.5, 0.6) is 0 Å². The first-order valence-corrected chi connectivity index (χ1v) is 13.9. The molecule has 2 aromatic rings. The van der Waals surface area contributed by atoms with E-state index in [1.54, 1.807) is 32.9 Å². The van der Waals surface area contributed by atoms with Crippen LogP contribution in [0.2, 0.25) is 5.02 Å². The van der Waals surface area contributed by atoms with Gasteiger partial charge in [0.1, 0.15) is 15.7 Å². The number of benzene rings is 2. The van der Waals surface area contributed by atoms with E-state index in [4.69, 9.17) is 22.1 Å². The minimum absolute atomic E-state index is 0.102. The fourth-order valence-electron chi connectivity index (χ4n) is 4.43. The molecule has 3 N–H and O–H groups in total. The molecule has 0 amide bonds. The molecule has 182 valence electrons. The Morgan fingerprint density at radius 2 is 1.82 bits per heavy atom. The van der Waals surface area contributed by atoms with Crippen molar-refractivity contribution in [1.82, 2.24) is 4.72 Å². The second-order valence-electron chi connectivity index (χ2n) is 9.74. The summed E-state index contributed by atoms with van der Waals surface area (Å²) < 4.78 is 34.9. The van der Waals surface area contributed by atoms with Gasteiger partial charge in [-0.2, -0.15) is 4.72 Å². The van der Waals surface area contributed by atoms with Gasteiger partial charge >= 0.3 is 5.97 Å². The molecule has 1 aliphatic heterocycles. The van der Waals surface area contributed by atoms with Crippen LogP contribution >= 0.6 is 23.4 Å². The molecule has 1 fully saturated rings. The Balaban J connectivity index is 1.62. The van der Waals surface area contributed by atoms with Gasteiger partial charge in [0.25, 0.3) is 0 Å². The SMILES string of the molecule is CC(C)(C)OC(=O)C1(NS(=O)(=O)C2CC=C(c3ccc(Cl)cc3)S2)CC1(CN)c1ccccc1. The molecule has 0 aromatic heterocycles. The minimum atomic E-state index is -3.92. The third kappa shape index (κ3) is 4.66. The van der Waals surface area contributed by atoms with Crippen molar-refractivity contribution >= 4 is 44.3 Å². The lowest BCUT2D eigenvalue weighted by molar-refractivity contribution is -0.159. The van der Waals surface area contributed by atoms with Gasteiger partial charge in [-0.1, -0.05) is 60.1 Å². The predicted molar refractivity (Wildman–Crippen MR) is 138 cm³/mol. The molecule has 0 radical (unpaired) electrons. The topological polar surface area (TPSA) is 98.5 Å². The highest BCUT2D eigenvalue weighted by atomic mass is 35.5. The van der Waals surface area contributed by atoms with Crippen molar-refractivity contribution < 1.29 is 17.9 Å². The molecule has 1 saturated carbocycles. The largest absolute Gasteiger partial charge is 0.459 e. The summed E-state index contributed by atoms with van der Waals surface area (Å²) in [6.07, 6.45) is 2.46. The normalized spacial score (nSPS) is 26.7. The third-order valence-electron chi connectivity index (χ3n) is 6.23. The summed E-state index contributed by atoms with van der Waals surface area (Å²) in [5, 5.41) is 0.616. The summed E-state index contributed by atoms with van der Waals surface area (Å²) in [5.74, 6) is -0.605. The first kappa shape index (κ1) is 25.3. The molecule has 0 bridgehead atoms. The lowest BCUT2D eigenvalue weighted by Gasteiger charge is -2.29. The molecule has 0 spiro atoms. The molecular formula is C25H29ClN2O4S2. The zero-order chi connectivity index (χ0) is 24.8. The Hall–Kier alpha value is -1.84. The van der Waals surface area contributed by atoms with E-state index < -0.39 is 37.1 Å². The molecule has 1 heterocycles. The first-order chi connectivity index (χ1) is 15.9. The molecule has 1 aliphatic carbocycles. The van der Waals surface area contributed by atoms with Crippen LogP contribution in [0.1, 0.15) is 44.7 Å². The van der Waals surface area contributed by atoms with Crippen LogP contribution in [-0.4, -0.2) is 36.7 Å². The van der Waals surface area contributed by atoms with Crippen LogP contribution in [0.25, 0.3) is 4.91 Å². The summed E-state index contributed by atoms with van der Waals surface area (Å²) in [6, 6.07) is 16.6.